The van der Waals surface area contributed by atoms with Gasteiger partial charge in [-0.2, -0.15) is 5.10 Å². The molecule has 2 amide bonds. The smallest absolute Gasteiger partial charge is 0.295 e. The second-order valence-corrected chi connectivity index (χ2v) is 10.8. The molecule has 3 aromatic heterocycles. The van der Waals surface area contributed by atoms with E-state index >= 15 is 0 Å². The third kappa shape index (κ3) is 4.78. The fourth-order valence-electron chi connectivity index (χ4n) is 4.90. The molecule has 39 heavy (non-hydrogen) atoms. The topological polar surface area (TPSA) is 113 Å². The summed E-state index contributed by atoms with van der Waals surface area (Å²) in [6.45, 7) is 8.98. The van der Waals surface area contributed by atoms with Crippen LogP contribution in [-0.4, -0.2) is 79.9 Å². The van der Waals surface area contributed by atoms with Crippen LogP contribution in [0.4, 0.5) is 0 Å². The highest BCUT2D eigenvalue weighted by molar-refractivity contribution is 6.45. The van der Waals surface area contributed by atoms with Gasteiger partial charge in [-0.05, 0) is 25.1 Å². The first-order chi connectivity index (χ1) is 18.6. The maximum atomic E-state index is 13.5. The van der Waals surface area contributed by atoms with Crippen molar-refractivity contribution in [3.05, 3.63) is 71.8 Å². The van der Waals surface area contributed by atoms with Gasteiger partial charge in [0.25, 0.3) is 17.6 Å². The highest BCUT2D eigenvalue weighted by Crippen LogP contribution is 2.32. The Bertz CT molecular complexity index is 1550. The van der Waals surface area contributed by atoms with Crippen molar-refractivity contribution in [1.29, 1.82) is 0 Å². The molecule has 0 saturated carbocycles. The second kappa shape index (κ2) is 10.0. The number of benzene rings is 1. The molecule has 1 fully saturated rings. The van der Waals surface area contributed by atoms with E-state index in [-0.39, 0.29) is 36.0 Å². The Balaban J connectivity index is 1.40. The maximum Gasteiger partial charge on any atom is 0.295 e. The Morgan fingerprint density at radius 2 is 1.82 bits per heavy atom. The zero-order valence-corrected chi connectivity index (χ0v) is 22.8. The number of fused-ring (bicyclic) bond motifs is 1. The van der Waals surface area contributed by atoms with Crippen LogP contribution in [0.25, 0.3) is 16.7 Å². The van der Waals surface area contributed by atoms with E-state index in [2.05, 4.69) is 35.8 Å². The van der Waals surface area contributed by atoms with Crippen molar-refractivity contribution < 1.29 is 19.1 Å². The first-order valence-electron chi connectivity index (χ1n) is 12.9. The van der Waals surface area contributed by atoms with E-state index in [4.69, 9.17) is 4.74 Å². The zero-order valence-electron chi connectivity index (χ0n) is 22.8. The van der Waals surface area contributed by atoms with Crippen LogP contribution < -0.4 is 4.74 Å². The van der Waals surface area contributed by atoms with E-state index in [1.165, 1.54) is 24.4 Å². The molecule has 0 aliphatic carbocycles. The van der Waals surface area contributed by atoms with E-state index in [0.717, 1.165) is 5.69 Å². The number of nitrogens with one attached hydrogen (secondary N) is 1. The Kier molecular flexibility index (Phi) is 6.71. The van der Waals surface area contributed by atoms with Gasteiger partial charge in [-0.25, -0.2) is 9.67 Å². The Hall–Kier alpha value is -4.47. The van der Waals surface area contributed by atoms with Gasteiger partial charge < -0.3 is 19.5 Å². The van der Waals surface area contributed by atoms with Crippen molar-refractivity contribution in [1.82, 2.24) is 29.5 Å². The number of hydrogen-bond acceptors (Lipinski definition) is 6. The van der Waals surface area contributed by atoms with Crippen LogP contribution in [-0.2, 0) is 10.2 Å². The number of nitrogens with zero attached hydrogens (tertiary/aromatic N) is 5. The largest absolute Gasteiger partial charge is 0.494 e. The number of carbonyl (C=O) groups excluding carboxylic acids is 3. The molecule has 0 bridgehead atoms. The fraction of sp³-hybridized carbons (Fsp3) is 0.345. The van der Waals surface area contributed by atoms with Gasteiger partial charge in [0.05, 0.1) is 35.5 Å². The lowest BCUT2D eigenvalue weighted by atomic mass is 9.93. The van der Waals surface area contributed by atoms with Gasteiger partial charge in [0.15, 0.2) is 5.82 Å². The summed E-state index contributed by atoms with van der Waals surface area (Å²) in [4.78, 5) is 50.7. The lowest BCUT2D eigenvalue weighted by molar-refractivity contribution is -0.128. The van der Waals surface area contributed by atoms with Gasteiger partial charge in [0.1, 0.15) is 5.75 Å². The standard InChI is InChI=1S/C29H32N6O4/c1-18-17-33(13-14-34(18)27(37)19-9-7-6-8-10-19)28(38)25(36)20-15-30-24-23(20)21(39-5)16-31-26(24)35-12-11-22(32-35)29(2,3)4/h6-12,15-16,18,30H,13-14,17H2,1-5H3. The highest BCUT2D eigenvalue weighted by atomic mass is 16.5. The molecule has 1 saturated heterocycles. The summed E-state index contributed by atoms with van der Waals surface area (Å²) in [5, 5.41) is 5.14. The van der Waals surface area contributed by atoms with Crippen molar-refractivity contribution in [3.8, 4) is 11.6 Å². The van der Waals surface area contributed by atoms with E-state index in [1.54, 1.807) is 21.7 Å². The molecular formula is C29H32N6O4. The lowest BCUT2D eigenvalue weighted by Gasteiger charge is -2.39. The molecule has 202 valence electrons. The minimum atomic E-state index is -0.650. The molecule has 4 aromatic rings. The van der Waals surface area contributed by atoms with Crippen molar-refractivity contribution in [3.63, 3.8) is 0 Å². The van der Waals surface area contributed by atoms with Gasteiger partial charge in [-0.1, -0.05) is 39.0 Å². The predicted molar refractivity (Wildman–Crippen MR) is 146 cm³/mol. The summed E-state index contributed by atoms with van der Waals surface area (Å²) in [5.74, 6) is -0.488. The van der Waals surface area contributed by atoms with Crippen molar-refractivity contribution >= 4 is 28.5 Å². The molecule has 5 rings (SSSR count). The summed E-state index contributed by atoms with van der Waals surface area (Å²) >= 11 is 0. The van der Waals surface area contributed by atoms with Crippen molar-refractivity contribution in [2.75, 3.05) is 26.7 Å². The Morgan fingerprint density at radius 1 is 1.08 bits per heavy atom. The Morgan fingerprint density at radius 3 is 2.46 bits per heavy atom. The van der Waals surface area contributed by atoms with Gasteiger partial charge in [-0.15, -0.1) is 0 Å². The lowest BCUT2D eigenvalue weighted by Crippen LogP contribution is -2.56. The number of aromatic nitrogens is 4. The monoisotopic (exact) mass is 528 g/mol. The van der Waals surface area contributed by atoms with Crippen LogP contribution in [0.2, 0.25) is 0 Å². The molecule has 1 atom stereocenters. The number of pyridine rings is 1. The number of carbonyl (C=O) groups is 3. The predicted octanol–water partition coefficient (Wildman–Crippen LogP) is 3.61. The van der Waals surface area contributed by atoms with Crippen LogP contribution in [0.1, 0.15) is 54.1 Å². The summed E-state index contributed by atoms with van der Waals surface area (Å²) in [5.41, 5.74) is 2.09. The third-order valence-corrected chi connectivity index (χ3v) is 7.08. The number of hydrogen-bond donors (Lipinski definition) is 1. The Labute approximate surface area is 226 Å². The molecule has 1 aliphatic heterocycles. The van der Waals surface area contributed by atoms with Crippen molar-refractivity contribution in [2.45, 2.75) is 39.2 Å². The van der Waals surface area contributed by atoms with Gasteiger partial charge in [0, 0.05) is 49.0 Å². The van der Waals surface area contributed by atoms with Crippen LogP contribution in [0.3, 0.4) is 0 Å². The third-order valence-electron chi connectivity index (χ3n) is 7.08. The van der Waals surface area contributed by atoms with Crippen LogP contribution in [0.5, 0.6) is 5.75 Å². The SMILES string of the molecule is COc1cnc(-n2ccc(C(C)(C)C)n2)c2[nH]cc(C(=O)C(=O)N3CCN(C(=O)c4ccccc4)C(C)C3)c12. The number of rotatable bonds is 5. The van der Waals surface area contributed by atoms with E-state index in [0.29, 0.717) is 34.6 Å². The molecule has 1 aliphatic rings. The van der Waals surface area contributed by atoms with Crippen LogP contribution >= 0.6 is 0 Å². The molecule has 10 heteroatoms. The maximum absolute atomic E-state index is 13.5. The van der Waals surface area contributed by atoms with E-state index in [1.807, 2.05) is 37.4 Å². The van der Waals surface area contributed by atoms with Crippen LogP contribution in [0.15, 0.2) is 55.0 Å². The molecule has 4 heterocycles. The first kappa shape index (κ1) is 26.1. The molecule has 1 aromatic carbocycles. The second-order valence-electron chi connectivity index (χ2n) is 10.8. The number of Topliss-reactive ketones (excluding diaryl/α,β-unsaturated/α-hetero) is 1. The minimum Gasteiger partial charge on any atom is -0.494 e. The number of ether oxygens (including phenoxy) is 1. The first-order valence-corrected chi connectivity index (χ1v) is 12.9. The van der Waals surface area contributed by atoms with Gasteiger partial charge >= 0.3 is 0 Å². The number of amides is 2. The average molecular weight is 529 g/mol. The molecule has 10 nitrogen and oxygen atoms in total. The molecule has 1 unspecified atom stereocenters. The number of H-pyrrole nitrogens is 1. The van der Waals surface area contributed by atoms with Gasteiger partial charge in [0.2, 0.25) is 0 Å². The van der Waals surface area contributed by atoms with Crippen molar-refractivity contribution in [2.24, 2.45) is 0 Å². The van der Waals surface area contributed by atoms with E-state index in [9.17, 15) is 14.4 Å². The average Bonchev–Trinajstić information content (AvgIpc) is 3.60. The highest BCUT2D eigenvalue weighted by Gasteiger charge is 2.34. The molecular weight excluding hydrogens is 496 g/mol. The molecule has 1 N–H and O–H groups in total. The quantitative estimate of drug-likeness (QED) is 0.313. The summed E-state index contributed by atoms with van der Waals surface area (Å²) in [6.07, 6.45) is 4.87. The fourth-order valence-corrected chi connectivity index (χ4v) is 4.90. The molecule has 0 spiro atoms. The summed E-state index contributed by atoms with van der Waals surface area (Å²) in [7, 11) is 1.50. The molecule has 0 radical (unpaired) electrons. The number of ketones is 1. The van der Waals surface area contributed by atoms with Gasteiger partial charge in [-0.3, -0.25) is 14.4 Å². The van der Waals surface area contributed by atoms with E-state index < -0.39 is 11.7 Å². The van der Waals surface area contributed by atoms with Crippen LogP contribution in [0, 0.1) is 0 Å². The number of piperazine rings is 1. The summed E-state index contributed by atoms with van der Waals surface area (Å²) in [6, 6.07) is 10.7. The normalized spacial score (nSPS) is 16.0. The number of methoxy groups -OCH3 is 1. The summed E-state index contributed by atoms with van der Waals surface area (Å²) < 4.78 is 7.17. The zero-order chi connectivity index (χ0) is 27.9. The minimum absolute atomic E-state index is 0.0869. The number of aromatic amines is 1.